The highest BCUT2D eigenvalue weighted by atomic mass is 35.5. The zero-order valence-corrected chi connectivity index (χ0v) is 15.8. The average Bonchev–Trinajstić information content (AvgIpc) is 3.02. The number of fused-ring (bicyclic) bond motifs is 1. The van der Waals surface area contributed by atoms with Gasteiger partial charge in [-0.2, -0.15) is 4.99 Å². The molecule has 136 valence electrons. The monoisotopic (exact) mass is 381 g/mol. The SMILES string of the molecule is CC([NH2+]CCC[NH+]1C=Nc2ccccc21)C(O)c1ccccc1.[Cl-].[Cl-]. The van der Waals surface area contributed by atoms with Crippen LogP contribution in [0.1, 0.15) is 25.0 Å². The van der Waals surface area contributed by atoms with E-state index in [2.05, 4.69) is 35.4 Å². The van der Waals surface area contributed by atoms with Crippen LogP contribution in [0.15, 0.2) is 59.6 Å². The molecule has 1 aliphatic rings. The molecule has 1 heterocycles. The second-order valence-electron chi connectivity index (χ2n) is 6.14. The summed E-state index contributed by atoms with van der Waals surface area (Å²) in [6, 6.07) is 18.3. The summed E-state index contributed by atoms with van der Waals surface area (Å²) in [6.07, 6.45) is 2.66. The average molecular weight is 382 g/mol. The van der Waals surface area contributed by atoms with Crippen molar-refractivity contribution in [2.45, 2.75) is 25.5 Å². The van der Waals surface area contributed by atoms with Crippen LogP contribution in [0.3, 0.4) is 0 Å². The number of nitrogens with one attached hydrogen (secondary N) is 1. The van der Waals surface area contributed by atoms with Gasteiger partial charge < -0.3 is 35.2 Å². The molecule has 1 aliphatic heterocycles. The number of hydrogen-bond donors (Lipinski definition) is 3. The highest BCUT2D eigenvalue weighted by Crippen LogP contribution is 2.22. The first kappa shape index (κ1) is 21.6. The van der Waals surface area contributed by atoms with E-state index in [1.807, 2.05) is 42.7 Å². The number of aliphatic hydroxyl groups is 1. The van der Waals surface area contributed by atoms with Crippen LogP contribution in [0.5, 0.6) is 0 Å². The third-order valence-electron chi connectivity index (χ3n) is 4.44. The number of nitrogens with two attached hydrogens (primary N) is 1. The Hall–Kier alpha value is -1.43. The fraction of sp³-hybridized carbons (Fsp3) is 0.316. The highest BCUT2D eigenvalue weighted by molar-refractivity contribution is 5.71. The molecule has 0 bridgehead atoms. The zero-order chi connectivity index (χ0) is 16.1. The van der Waals surface area contributed by atoms with E-state index in [-0.39, 0.29) is 30.9 Å². The molecule has 0 amide bonds. The molecule has 0 saturated carbocycles. The Morgan fingerprint density at radius 1 is 1.04 bits per heavy atom. The smallest absolute Gasteiger partial charge is 0.194 e. The maximum absolute atomic E-state index is 10.4. The lowest BCUT2D eigenvalue weighted by molar-refractivity contribution is -0.734. The molecular formula is C19H25Cl2N3O. The third-order valence-corrected chi connectivity index (χ3v) is 4.44. The van der Waals surface area contributed by atoms with Crippen molar-refractivity contribution in [1.82, 2.24) is 0 Å². The molecule has 0 spiro atoms. The third kappa shape index (κ3) is 5.53. The van der Waals surface area contributed by atoms with Gasteiger partial charge >= 0.3 is 0 Å². The molecule has 2 aromatic rings. The summed E-state index contributed by atoms with van der Waals surface area (Å²) in [5, 5.41) is 12.6. The first-order chi connectivity index (χ1) is 11.3. The van der Waals surface area contributed by atoms with Crippen LogP contribution < -0.4 is 35.0 Å². The largest absolute Gasteiger partial charge is 1.00 e. The van der Waals surface area contributed by atoms with Crippen LogP contribution >= 0.6 is 0 Å². The number of quaternary nitrogens is 2. The van der Waals surface area contributed by atoms with Gasteiger partial charge in [0.2, 0.25) is 0 Å². The van der Waals surface area contributed by atoms with Crippen LogP contribution in [0, 0.1) is 0 Å². The summed E-state index contributed by atoms with van der Waals surface area (Å²) in [4.78, 5) is 5.77. The van der Waals surface area contributed by atoms with E-state index in [0.29, 0.717) is 0 Å². The Kier molecular flexibility index (Phi) is 9.11. The molecule has 3 rings (SSSR count). The van der Waals surface area contributed by atoms with Gasteiger partial charge in [0.25, 0.3) is 0 Å². The minimum Gasteiger partial charge on any atom is -1.00 e. The quantitative estimate of drug-likeness (QED) is 0.413. The molecule has 0 fully saturated rings. The highest BCUT2D eigenvalue weighted by Gasteiger charge is 2.21. The second kappa shape index (κ2) is 10.5. The van der Waals surface area contributed by atoms with E-state index in [1.165, 1.54) is 10.6 Å². The topological polar surface area (TPSA) is 53.6 Å². The van der Waals surface area contributed by atoms with Crippen molar-refractivity contribution in [3.05, 3.63) is 60.2 Å². The van der Waals surface area contributed by atoms with Gasteiger partial charge in [0.1, 0.15) is 17.8 Å². The lowest BCUT2D eigenvalue weighted by Crippen LogP contribution is -3.05. The number of para-hydroxylation sites is 2. The van der Waals surface area contributed by atoms with Crippen LogP contribution in [0.4, 0.5) is 11.4 Å². The first-order valence-electron chi connectivity index (χ1n) is 8.31. The van der Waals surface area contributed by atoms with Gasteiger partial charge in [-0.3, -0.25) is 4.90 Å². The van der Waals surface area contributed by atoms with E-state index in [4.69, 9.17) is 0 Å². The molecule has 2 aromatic carbocycles. The van der Waals surface area contributed by atoms with Gasteiger partial charge in [-0.25, -0.2) is 0 Å². The predicted octanol–water partition coefficient (Wildman–Crippen LogP) is -5.04. The Labute approximate surface area is 161 Å². The van der Waals surface area contributed by atoms with Gasteiger partial charge in [0, 0.05) is 12.5 Å². The molecule has 25 heavy (non-hydrogen) atoms. The maximum atomic E-state index is 10.4. The van der Waals surface area contributed by atoms with Crippen LogP contribution in [0.2, 0.25) is 0 Å². The maximum Gasteiger partial charge on any atom is 0.194 e. The van der Waals surface area contributed by atoms with Crippen molar-refractivity contribution in [1.29, 1.82) is 0 Å². The summed E-state index contributed by atoms with van der Waals surface area (Å²) >= 11 is 0. The van der Waals surface area contributed by atoms with Gasteiger partial charge in [0.05, 0.1) is 13.1 Å². The lowest BCUT2D eigenvalue weighted by Gasteiger charge is -2.18. The fourth-order valence-electron chi connectivity index (χ4n) is 3.03. The van der Waals surface area contributed by atoms with Gasteiger partial charge in [-0.05, 0) is 18.6 Å². The molecular weight excluding hydrogens is 357 g/mol. The lowest BCUT2D eigenvalue weighted by atomic mass is 10.0. The molecule has 4 N–H and O–H groups in total. The van der Waals surface area contributed by atoms with E-state index >= 15 is 0 Å². The normalized spacial score (nSPS) is 17.1. The van der Waals surface area contributed by atoms with Gasteiger partial charge in [0.15, 0.2) is 12.0 Å². The molecule has 6 heteroatoms. The van der Waals surface area contributed by atoms with Crippen molar-refractivity contribution in [3.8, 4) is 0 Å². The van der Waals surface area contributed by atoms with E-state index in [0.717, 1.165) is 30.8 Å². The molecule has 0 aromatic heterocycles. The molecule has 0 radical (unpaired) electrons. The van der Waals surface area contributed by atoms with Crippen molar-refractivity contribution < 1.29 is 40.1 Å². The second-order valence-corrected chi connectivity index (χ2v) is 6.14. The van der Waals surface area contributed by atoms with Crippen LogP contribution in [0.25, 0.3) is 0 Å². The number of nitrogens with zero attached hydrogens (tertiary/aromatic N) is 1. The Morgan fingerprint density at radius 3 is 2.48 bits per heavy atom. The minimum atomic E-state index is -0.419. The Morgan fingerprint density at radius 2 is 1.72 bits per heavy atom. The van der Waals surface area contributed by atoms with Gasteiger partial charge in [-0.15, -0.1) is 0 Å². The first-order valence-corrected chi connectivity index (χ1v) is 8.31. The number of halogens is 2. The molecule has 0 saturated heterocycles. The van der Waals surface area contributed by atoms with Crippen molar-refractivity contribution in [2.75, 3.05) is 13.1 Å². The van der Waals surface area contributed by atoms with E-state index < -0.39 is 6.10 Å². The number of hydrogen-bond acceptors (Lipinski definition) is 2. The summed E-state index contributed by atoms with van der Waals surface area (Å²) in [6.45, 7) is 4.12. The molecule has 3 atom stereocenters. The summed E-state index contributed by atoms with van der Waals surface area (Å²) < 4.78 is 0. The predicted molar refractivity (Wildman–Crippen MR) is 92.4 cm³/mol. The molecule has 4 nitrogen and oxygen atoms in total. The number of aliphatic imine (C=N–C) groups is 1. The summed E-state index contributed by atoms with van der Waals surface area (Å²) in [5.74, 6) is 0. The number of rotatable bonds is 7. The van der Waals surface area contributed by atoms with Crippen LogP contribution in [-0.4, -0.2) is 30.6 Å². The van der Waals surface area contributed by atoms with E-state index in [9.17, 15) is 5.11 Å². The molecule has 3 unspecified atom stereocenters. The van der Waals surface area contributed by atoms with Crippen LogP contribution in [-0.2, 0) is 0 Å². The summed E-state index contributed by atoms with van der Waals surface area (Å²) in [7, 11) is 0. The van der Waals surface area contributed by atoms with Crippen molar-refractivity contribution >= 4 is 17.7 Å². The van der Waals surface area contributed by atoms with Gasteiger partial charge in [-0.1, -0.05) is 42.5 Å². The Bertz CT molecular complexity index is 667. The standard InChI is InChI=1S/C19H23N3O.2ClH/c1-15(19(23)16-8-3-2-4-9-16)20-12-7-13-22-14-21-17-10-5-6-11-18(17)22;;/h2-6,8-11,14-15,19-20,23H,7,12-13H2,1H3;2*1H. The van der Waals surface area contributed by atoms with E-state index in [1.54, 1.807) is 0 Å². The minimum absolute atomic E-state index is 0. The van der Waals surface area contributed by atoms with Crippen molar-refractivity contribution in [2.24, 2.45) is 4.99 Å². The fourth-order valence-corrected chi connectivity index (χ4v) is 3.03. The number of aliphatic hydroxyl groups excluding tert-OH is 1. The summed E-state index contributed by atoms with van der Waals surface area (Å²) in [5.41, 5.74) is 3.34. The molecule has 0 aliphatic carbocycles. The zero-order valence-electron chi connectivity index (χ0n) is 14.3. The number of benzene rings is 2. The van der Waals surface area contributed by atoms with Crippen molar-refractivity contribution in [3.63, 3.8) is 0 Å². The Balaban J connectivity index is 0.00000156.